The molecule has 0 saturated heterocycles. The highest BCUT2D eigenvalue weighted by molar-refractivity contribution is 5.80. The molecule has 0 bridgehead atoms. The van der Waals surface area contributed by atoms with E-state index in [0.717, 1.165) is 11.3 Å². The Labute approximate surface area is 190 Å². The number of rotatable bonds is 9. The van der Waals surface area contributed by atoms with Crippen molar-refractivity contribution >= 4 is 16.9 Å². The molecule has 0 radical (unpaired) electrons. The van der Waals surface area contributed by atoms with Gasteiger partial charge in [-0.05, 0) is 26.0 Å². The number of anilines is 1. The zero-order valence-electron chi connectivity index (χ0n) is 18.8. The summed E-state index contributed by atoms with van der Waals surface area (Å²) in [5.74, 6) is 0.742. The quantitative estimate of drug-likeness (QED) is 0.386. The second-order valence-corrected chi connectivity index (χ2v) is 7.26. The molecule has 33 heavy (non-hydrogen) atoms. The lowest BCUT2D eigenvalue weighted by Gasteiger charge is -2.14. The molecule has 1 N–H and O–H groups in total. The molecule has 4 rings (SSSR count). The molecule has 0 amide bonds. The normalized spacial score (nSPS) is 11.0. The van der Waals surface area contributed by atoms with Crippen LogP contribution in [0.25, 0.3) is 22.3 Å². The number of nitrogens with one attached hydrogen (secondary N) is 1. The van der Waals surface area contributed by atoms with Crippen molar-refractivity contribution in [3.05, 3.63) is 64.7 Å². The van der Waals surface area contributed by atoms with Crippen molar-refractivity contribution in [3.8, 4) is 17.1 Å². The molecule has 0 spiro atoms. The van der Waals surface area contributed by atoms with Crippen molar-refractivity contribution < 1.29 is 9.47 Å². The Morgan fingerprint density at radius 2 is 1.94 bits per heavy atom. The molecule has 170 valence electrons. The number of hydrogen-bond acceptors (Lipinski definition) is 9. The number of hydrogen-bond donors (Lipinski definition) is 1. The summed E-state index contributed by atoms with van der Waals surface area (Å²) in [6.45, 7) is 5.47. The van der Waals surface area contributed by atoms with Gasteiger partial charge in [-0.25, -0.2) is 9.97 Å². The predicted octanol–water partition coefficient (Wildman–Crippen LogP) is 2.61. The molecule has 10 nitrogen and oxygen atoms in total. The Hall–Kier alpha value is -3.92. The van der Waals surface area contributed by atoms with Crippen molar-refractivity contribution in [2.24, 2.45) is 0 Å². The van der Waals surface area contributed by atoms with Gasteiger partial charge in [-0.3, -0.25) is 19.7 Å². The molecule has 0 fully saturated rings. The molecule has 0 aliphatic carbocycles. The molecule has 4 aromatic heterocycles. The maximum Gasteiger partial charge on any atom is 0.293 e. The van der Waals surface area contributed by atoms with Crippen molar-refractivity contribution in [1.29, 1.82) is 0 Å². The van der Waals surface area contributed by atoms with Gasteiger partial charge in [0.25, 0.3) is 5.56 Å². The monoisotopic (exact) mass is 447 g/mol. The van der Waals surface area contributed by atoms with Gasteiger partial charge in [0.1, 0.15) is 5.52 Å². The van der Waals surface area contributed by atoms with E-state index in [4.69, 9.17) is 9.47 Å². The smallest absolute Gasteiger partial charge is 0.293 e. The summed E-state index contributed by atoms with van der Waals surface area (Å²) in [6.07, 6.45) is 6.70. The van der Waals surface area contributed by atoms with Crippen LogP contribution in [0.5, 0.6) is 5.88 Å². The van der Waals surface area contributed by atoms with Gasteiger partial charge in [0.2, 0.25) is 5.88 Å². The number of methoxy groups -OCH3 is 1. The van der Waals surface area contributed by atoms with E-state index >= 15 is 0 Å². The van der Waals surface area contributed by atoms with E-state index in [-0.39, 0.29) is 11.4 Å². The minimum Gasteiger partial charge on any atom is -0.481 e. The zero-order valence-corrected chi connectivity index (χ0v) is 18.8. The highest BCUT2D eigenvalue weighted by Gasteiger charge is 2.13. The molecule has 0 aliphatic heterocycles. The Balaban J connectivity index is 1.71. The Kier molecular flexibility index (Phi) is 6.84. The van der Waals surface area contributed by atoms with Gasteiger partial charge in [-0.2, -0.15) is 0 Å². The van der Waals surface area contributed by atoms with Gasteiger partial charge in [0.15, 0.2) is 5.82 Å². The molecule has 4 aromatic rings. The summed E-state index contributed by atoms with van der Waals surface area (Å²) < 4.78 is 12.3. The summed E-state index contributed by atoms with van der Waals surface area (Å²) in [4.78, 5) is 35.1. The number of nitrogens with zero attached hydrogens (tertiary/aromatic N) is 6. The summed E-state index contributed by atoms with van der Waals surface area (Å²) in [5, 5.41) is 3.09. The fourth-order valence-electron chi connectivity index (χ4n) is 3.28. The lowest BCUT2D eigenvalue weighted by atomic mass is 10.2. The van der Waals surface area contributed by atoms with E-state index in [0.29, 0.717) is 54.6 Å². The fraction of sp³-hybridized carbons (Fsp3) is 0.304. The molecular weight excluding hydrogens is 422 g/mol. The highest BCUT2D eigenvalue weighted by atomic mass is 16.5. The van der Waals surface area contributed by atoms with Gasteiger partial charge in [0.05, 0.1) is 55.3 Å². The van der Waals surface area contributed by atoms with Gasteiger partial charge in [-0.1, -0.05) is 0 Å². The first-order valence-corrected chi connectivity index (χ1v) is 10.6. The number of aromatic nitrogens is 6. The molecule has 4 heterocycles. The van der Waals surface area contributed by atoms with E-state index < -0.39 is 0 Å². The lowest BCUT2D eigenvalue weighted by Crippen LogP contribution is -2.27. The fourth-order valence-corrected chi connectivity index (χ4v) is 3.28. The predicted molar refractivity (Wildman–Crippen MR) is 124 cm³/mol. The second-order valence-electron chi connectivity index (χ2n) is 7.26. The van der Waals surface area contributed by atoms with E-state index in [9.17, 15) is 4.79 Å². The van der Waals surface area contributed by atoms with Crippen LogP contribution in [-0.4, -0.2) is 49.8 Å². The van der Waals surface area contributed by atoms with Crippen LogP contribution in [0.4, 0.5) is 5.82 Å². The summed E-state index contributed by atoms with van der Waals surface area (Å²) >= 11 is 0. The van der Waals surface area contributed by atoms with Crippen molar-refractivity contribution in [3.63, 3.8) is 0 Å². The van der Waals surface area contributed by atoms with E-state index in [1.807, 2.05) is 26.0 Å². The number of fused-ring (bicyclic) bond motifs is 1. The maximum atomic E-state index is 13.3. The van der Waals surface area contributed by atoms with Crippen LogP contribution >= 0.6 is 0 Å². The van der Waals surface area contributed by atoms with E-state index in [1.54, 1.807) is 42.5 Å². The lowest BCUT2D eigenvalue weighted by molar-refractivity contribution is 0.139. The highest BCUT2D eigenvalue weighted by Crippen LogP contribution is 2.22. The molecule has 0 atom stereocenters. The first-order valence-electron chi connectivity index (χ1n) is 10.6. The van der Waals surface area contributed by atoms with Crippen LogP contribution in [0.2, 0.25) is 0 Å². The van der Waals surface area contributed by atoms with Gasteiger partial charge in [-0.15, -0.1) is 0 Å². The van der Waals surface area contributed by atoms with Crippen molar-refractivity contribution in [2.75, 3.05) is 25.6 Å². The number of aryl methyl sites for hydroxylation is 1. The van der Waals surface area contributed by atoms with Crippen LogP contribution < -0.4 is 15.6 Å². The molecule has 0 saturated carbocycles. The number of pyridine rings is 2. The third-order valence-corrected chi connectivity index (χ3v) is 5.01. The minimum atomic E-state index is -0.243. The van der Waals surface area contributed by atoms with Crippen LogP contribution in [-0.2, 0) is 17.8 Å². The third-order valence-electron chi connectivity index (χ3n) is 5.01. The van der Waals surface area contributed by atoms with Crippen LogP contribution in [0.1, 0.15) is 18.3 Å². The number of ether oxygens (including phenoxy) is 2. The Bertz CT molecular complexity index is 1290. The summed E-state index contributed by atoms with van der Waals surface area (Å²) in [5.41, 5.74) is 4.04. The van der Waals surface area contributed by atoms with Gasteiger partial charge >= 0.3 is 0 Å². The van der Waals surface area contributed by atoms with E-state index in [2.05, 4.69) is 30.2 Å². The first-order chi connectivity index (χ1) is 16.1. The summed E-state index contributed by atoms with van der Waals surface area (Å²) in [6, 6.07) is 5.48. The van der Waals surface area contributed by atoms with Crippen molar-refractivity contribution in [1.82, 2.24) is 29.5 Å². The van der Waals surface area contributed by atoms with Crippen LogP contribution in [0, 0.1) is 6.92 Å². The third kappa shape index (κ3) is 5.12. The second kappa shape index (κ2) is 10.1. The molecule has 10 heteroatoms. The topological polar surface area (TPSA) is 117 Å². The van der Waals surface area contributed by atoms with Crippen LogP contribution in [0.3, 0.4) is 0 Å². The zero-order chi connectivity index (χ0) is 23.2. The molecule has 0 aromatic carbocycles. The Morgan fingerprint density at radius 1 is 1.06 bits per heavy atom. The minimum absolute atomic E-state index is 0.224. The summed E-state index contributed by atoms with van der Waals surface area (Å²) in [7, 11) is 1.57. The van der Waals surface area contributed by atoms with Gasteiger partial charge in [0, 0.05) is 37.2 Å². The van der Waals surface area contributed by atoms with Crippen molar-refractivity contribution in [2.45, 2.75) is 26.9 Å². The average molecular weight is 447 g/mol. The molecular formula is C23H25N7O3. The Morgan fingerprint density at radius 3 is 2.64 bits per heavy atom. The SMILES string of the molecule is CCOCCn1c(=O)c(NCc2cnc(C)cn2)nc2cnc(-c3ccc(OC)nc3)cc21. The van der Waals surface area contributed by atoms with E-state index in [1.165, 1.54) is 0 Å². The molecule has 0 aliphatic rings. The first kappa shape index (κ1) is 22.3. The largest absolute Gasteiger partial charge is 0.481 e. The maximum absolute atomic E-state index is 13.3. The average Bonchev–Trinajstić information content (AvgIpc) is 2.85. The standard InChI is InChI=1S/C23H25N7O3/c1-4-33-8-7-30-20-9-18(16-5-6-21(32-3)27-11-16)26-14-19(20)29-22(23(30)31)28-13-17-12-24-15(2)10-25-17/h5-6,9-12,14H,4,7-8,13H2,1-3H3,(H,28,29). The van der Waals surface area contributed by atoms with Gasteiger partial charge < -0.3 is 19.4 Å². The molecule has 0 unspecified atom stereocenters. The van der Waals surface area contributed by atoms with Crippen LogP contribution in [0.15, 0.2) is 47.8 Å².